The summed E-state index contributed by atoms with van der Waals surface area (Å²) in [7, 11) is 0. The summed E-state index contributed by atoms with van der Waals surface area (Å²) in [6.07, 6.45) is 3.11. The normalized spacial score (nSPS) is 11.8. The van der Waals surface area contributed by atoms with Crippen LogP contribution in [0.1, 0.15) is 49.9 Å². The topological polar surface area (TPSA) is 104 Å². The number of nitriles is 2. The average Bonchev–Trinajstić information content (AvgIpc) is 3.07. The molecular weight excluding hydrogens is 300 g/mol. The van der Waals surface area contributed by atoms with E-state index < -0.39 is 10.8 Å². The molecule has 0 bridgehead atoms. The van der Waals surface area contributed by atoms with Gasteiger partial charge in [0.25, 0.3) is 0 Å². The highest BCUT2D eigenvalue weighted by atomic mass is 15.3. The molecule has 0 fully saturated rings. The predicted molar refractivity (Wildman–Crippen MR) is 90.7 cm³/mol. The first-order valence-corrected chi connectivity index (χ1v) is 7.77. The van der Waals surface area contributed by atoms with Crippen LogP contribution in [-0.4, -0.2) is 14.8 Å². The van der Waals surface area contributed by atoms with E-state index in [1.54, 1.807) is 11.0 Å². The molecule has 2 N–H and O–H groups in total. The number of rotatable bonds is 5. The zero-order valence-electron chi connectivity index (χ0n) is 14.5. The van der Waals surface area contributed by atoms with Gasteiger partial charge in [-0.05, 0) is 49.9 Å². The molecule has 124 valence electrons. The third kappa shape index (κ3) is 3.29. The summed E-state index contributed by atoms with van der Waals surface area (Å²) >= 11 is 0. The van der Waals surface area contributed by atoms with Crippen molar-refractivity contribution >= 4 is 0 Å². The van der Waals surface area contributed by atoms with E-state index in [1.807, 2.05) is 39.8 Å². The minimum absolute atomic E-state index is 0.317. The molecule has 0 unspecified atom stereocenters. The Hall–Kier alpha value is -2.70. The maximum Gasteiger partial charge on any atom is 0.137 e. The fraction of sp³-hybridized carbons (Fsp3) is 0.444. The zero-order chi connectivity index (χ0) is 18.0. The van der Waals surface area contributed by atoms with Crippen LogP contribution in [0.4, 0.5) is 0 Å². The second-order valence-corrected chi connectivity index (χ2v) is 6.93. The quantitative estimate of drug-likeness (QED) is 0.910. The Morgan fingerprint density at radius 2 is 1.79 bits per heavy atom. The van der Waals surface area contributed by atoms with E-state index in [0.717, 1.165) is 22.3 Å². The van der Waals surface area contributed by atoms with Gasteiger partial charge in [-0.15, -0.1) is 0 Å². The minimum Gasteiger partial charge on any atom is -0.326 e. The number of nitrogens with zero attached hydrogens (tertiary/aromatic N) is 5. The van der Waals surface area contributed by atoms with Crippen LogP contribution >= 0.6 is 0 Å². The SMILES string of the molecule is CC(C)(C#N)c1cc(Cn2cncn2)c(CN)c(C(C)(C)C#N)c1. The molecule has 0 aliphatic rings. The van der Waals surface area contributed by atoms with E-state index in [2.05, 4.69) is 22.2 Å². The maximum absolute atomic E-state index is 9.58. The first-order valence-electron chi connectivity index (χ1n) is 7.77. The molecule has 24 heavy (non-hydrogen) atoms. The molecule has 0 atom stereocenters. The minimum atomic E-state index is -0.701. The van der Waals surface area contributed by atoms with Crippen LogP contribution < -0.4 is 5.73 Å². The standard InChI is InChI=1S/C18H22N6/c1-17(2,9-20)14-5-13(8-24-12-22-11-23-24)15(7-19)16(6-14)18(3,4)10-21/h5-6,11-12H,7-8,19H2,1-4H3. The molecule has 1 heterocycles. The monoisotopic (exact) mass is 322 g/mol. The summed E-state index contributed by atoms with van der Waals surface area (Å²) in [4.78, 5) is 3.96. The van der Waals surface area contributed by atoms with Crippen LogP contribution in [0.15, 0.2) is 24.8 Å². The number of hydrogen-bond acceptors (Lipinski definition) is 5. The van der Waals surface area contributed by atoms with Crippen molar-refractivity contribution in [3.05, 3.63) is 47.0 Å². The van der Waals surface area contributed by atoms with E-state index in [4.69, 9.17) is 5.73 Å². The van der Waals surface area contributed by atoms with Crippen molar-refractivity contribution in [3.63, 3.8) is 0 Å². The van der Waals surface area contributed by atoms with E-state index in [-0.39, 0.29) is 0 Å². The van der Waals surface area contributed by atoms with Gasteiger partial charge in [-0.3, -0.25) is 0 Å². The Morgan fingerprint density at radius 3 is 2.29 bits per heavy atom. The number of nitrogens with two attached hydrogens (primary N) is 1. The van der Waals surface area contributed by atoms with Crippen molar-refractivity contribution in [3.8, 4) is 12.1 Å². The molecule has 6 heteroatoms. The molecule has 0 amide bonds. The van der Waals surface area contributed by atoms with E-state index >= 15 is 0 Å². The van der Waals surface area contributed by atoms with Crippen molar-refractivity contribution < 1.29 is 0 Å². The smallest absolute Gasteiger partial charge is 0.137 e. The highest BCUT2D eigenvalue weighted by molar-refractivity contribution is 5.48. The van der Waals surface area contributed by atoms with Gasteiger partial charge < -0.3 is 5.73 Å². The predicted octanol–water partition coefficient (Wildman–Crippen LogP) is 2.39. The van der Waals surface area contributed by atoms with Gasteiger partial charge >= 0.3 is 0 Å². The molecule has 0 spiro atoms. The van der Waals surface area contributed by atoms with E-state index in [9.17, 15) is 10.5 Å². The van der Waals surface area contributed by atoms with Crippen molar-refractivity contribution in [2.45, 2.75) is 51.6 Å². The van der Waals surface area contributed by atoms with Crippen LogP contribution in [-0.2, 0) is 23.9 Å². The van der Waals surface area contributed by atoms with Gasteiger partial charge in [0, 0.05) is 6.54 Å². The Bertz CT molecular complexity index is 803. The molecule has 0 radical (unpaired) electrons. The average molecular weight is 322 g/mol. The lowest BCUT2D eigenvalue weighted by molar-refractivity contribution is 0.634. The van der Waals surface area contributed by atoms with Gasteiger partial charge in [-0.1, -0.05) is 12.1 Å². The summed E-state index contributed by atoms with van der Waals surface area (Å²) in [6.45, 7) is 8.28. The van der Waals surface area contributed by atoms with Gasteiger partial charge in [-0.2, -0.15) is 15.6 Å². The first-order chi connectivity index (χ1) is 11.2. The molecule has 1 aromatic carbocycles. The molecule has 0 aliphatic heterocycles. The summed E-state index contributed by atoms with van der Waals surface area (Å²) in [5.74, 6) is 0. The van der Waals surface area contributed by atoms with Crippen LogP contribution in [0, 0.1) is 22.7 Å². The van der Waals surface area contributed by atoms with E-state index in [1.165, 1.54) is 6.33 Å². The Morgan fingerprint density at radius 1 is 1.12 bits per heavy atom. The Labute approximate surface area is 142 Å². The highest BCUT2D eigenvalue weighted by Gasteiger charge is 2.29. The van der Waals surface area contributed by atoms with Gasteiger partial charge in [0.2, 0.25) is 0 Å². The van der Waals surface area contributed by atoms with Gasteiger partial charge in [0.1, 0.15) is 12.7 Å². The molecule has 1 aromatic heterocycles. The summed E-state index contributed by atoms with van der Waals surface area (Å²) in [5, 5.41) is 23.2. The van der Waals surface area contributed by atoms with Gasteiger partial charge in [0.05, 0.1) is 29.5 Å². The second-order valence-electron chi connectivity index (χ2n) is 6.93. The summed E-state index contributed by atoms with van der Waals surface area (Å²) in [6, 6.07) is 8.60. The second kappa shape index (κ2) is 6.43. The largest absolute Gasteiger partial charge is 0.326 e. The molecule has 0 saturated carbocycles. The Kier molecular flexibility index (Phi) is 4.73. The molecular formula is C18H22N6. The van der Waals surface area contributed by atoms with Crippen molar-refractivity contribution in [1.82, 2.24) is 14.8 Å². The maximum atomic E-state index is 9.58. The number of aromatic nitrogens is 3. The molecule has 0 aliphatic carbocycles. The lowest BCUT2D eigenvalue weighted by Gasteiger charge is -2.26. The highest BCUT2D eigenvalue weighted by Crippen LogP contribution is 2.34. The van der Waals surface area contributed by atoms with Crippen LogP contribution in [0.25, 0.3) is 0 Å². The zero-order valence-corrected chi connectivity index (χ0v) is 14.5. The third-order valence-corrected chi connectivity index (χ3v) is 4.30. The van der Waals surface area contributed by atoms with E-state index in [0.29, 0.717) is 13.1 Å². The van der Waals surface area contributed by atoms with Crippen LogP contribution in [0.3, 0.4) is 0 Å². The van der Waals surface area contributed by atoms with Crippen molar-refractivity contribution in [2.24, 2.45) is 5.73 Å². The summed E-state index contributed by atoms with van der Waals surface area (Å²) < 4.78 is 1.71. The van der Waals surface area contributed by atoms with Crippen molar-refractivity contribution in [2.75, 3.05) is 0 Å². The molecule has 0 saturated heterocycles. The van der Waals surface area contributed by atoms with Gasteiger partial charge in [0.15, 0.2) is 0 Å². The number of hydrogen-bond donors (Lipinski definition) is 1. The number of benzene rings is 1. The summed E-state index contributed by atoms with van der Waals surface area (Å²) in [5.41, 5.74) is 8.26. The lowest BCUT2D eigenvalue weighted by Crippen LogP contribution is -2.24. The lowest BCUT2D eigenvalue weighted by atomic mass is 9.76. The fourth-order valence-electron chi connectivity index (χ4n) is 2.65. The van der Waals surface area contributed by atoms with Crippen LogP contribution in [0.5, 0.6) is 0 Å². The van der Waals surface area contributed by atoms with Gasteiger partial charge in [-0.25, -0.2) is 9.67 Å². The molecule has 2 rings (SSSR count). The molecule has 6 nitrogen and oxygen atoms in total. The fourth-order valence-corrected chi connectivity index (χ4v) is 2.65. The first kappa shape index (κ1) is 17.7. The molecule has 2 aromatic rings. The Balaban J connectivity index is 2.72. The third-order valence-electron chi connectivity index (χ3n) is 4.30. The van der Waals surface area contributed by atoms with Crippen LogP contribution in [0.2, 0.25) is 0 Å². The van der Waals surface area contributed by atoms with Crippen molar-refractivity contribution in [1.29, 1.82) is 10.5 Å².